The number of carbonyl (C=O) groups excluding carboxylic acids is 2. The minimum Gasteiger partial charge on any atom is -0.457 e. The SMILES string of the molecule is CC#CCN1CCN(C(=O)OC2/C=C/C(C)C(/C(C)=C/C=C/C(C)(O)CC3OC3C(C)C(O)CC)OC(=O)CC(O)CCC2(C)O)CC1. The lowest BCUT2D eigenvalue weighted by molar-refractivity contribution is -0.151. The van der Waals surface area contributed by atoms with Gasteiger partial charge in [0, 0.05) is 44.4 Å². The van der Waals surface area contributed by atoms with Gasteiger partial charge in [-0.1, -0.05) is 51.0 Å². The van der Waals surface area contributed by atoms with Gasteiger partial charge in [-0.15, -0.1) is 5.92 Å². The molecule has 3 aliphatic heterocycles. The maximum absolute atomic E-state index is 13.2. The number of cyclic esters (lactones) is 1. The number of allylic oxidation sites excluding steroid dienone is 2. The highest BCUT2D eigenvalue weighted by Crippen LogP contribution is 2.37. The molecule has 10 unspecified atom stereocenters. The summed E-state index contributed by atoms with van der Waals surface area (Å²) in [5.41, 5.74) is -1.96. The average Bonchev–Trinajstić information content (AvgIpc) is 3.80. The summed E-state index contributed by atoms with van der Waals surface area (Å²) in [6.07, 6.45) is 5.58. The van der Waals surface area contributed by atoms with E-state index in [4.69, 9.17) is 14.2 Å². The van der Waals surface area contributed by atoms with Crippen LogP contribution in [0.15, 0.2) is 36.0 Å². The molecule has 11 heteroatoms. The van der Waals surface area contributed by atoms with Crippen LogP contribution in [-0.2, 0) is 19.0 Å². The van der Waals surface area contributed by atoms with Crippen LogP contribution < -0.4 is 0 Å². The maximum atomic E-state index is 13.2. The highest BCUT2D eigenvalue weighted by Gasteiger charge is 2.47. The van der Waals surface area contributed by atoms with Crippen molar-refractivity contribution in [1.29, 1.82) is 0 Å². The van der Waals surface area contributed by atoms with Gasteiger partial charge >= 0.3 is 12.1 Å². The molecule has 0 bridgehead atoms. The molecule has 10 atom stereocenters. The van der Waals surface area contributed by atoms with Gasteiger partial charge in [0.05, 0.1) is 43.0 Å². The number of ether oxygens (including phenoxy) is 3. The number of piperazine rings is 1. The number of epoxide rings is 1. The zero-order valence-electron chi connectivity index (χ0n) is 29.8. The maximum Gasteiger partial charge on any atom is 0.410 e. The topological polar surface area (TPSA) is 153 Å². The van der Waals surface area contributed by atoms with E-state index in [9.17, 15) is 30.0 Å². The molecule has 0 aromatic heterocycles. The molecule has 3 aliphatic rings. The number of amides is 1. The smallest absolute Gasteiger partial charge is 0.410 e. The Morgan fingerprint density at radius 2 is 1.96 bits per heavy atom. The van der Waals surface area contributed by atoms with Crippen LogP contribution in [0.4, 0.5) is 4.79 Å². The second-order valence-electron chi connectivity index (χ2n) is 14.2. The van der Waals surface area contributed by atoms with E-state index >= 15 is 0 Å². The standard InChI is InChI=1S/C37H58N2O9/c1-8-10-18-38-19-21-39(22-20-38)35(43)47-31-14-13-26(4)33(48-32(42)23-28(40)15-17-37(31,7)45)25(3)12-11-16-36(6,44)24-30-34(46-30)27(5)29(41)9-2/h11-14,16,26-31,33-34,40-41,44-45H,9,15,17-24H2,1-7H3/b14-13+,16-11+,25-12+. The van der Waals surface area contributed by atoms with Crippen molar-refractivity contribution in [1.82, 2.24) is 9.80 Å². The van der Waals surface area contributed by atoms with Crippen LogP contribution in [0.3, 0.4) is 0 Å². The van der Waals surface area contributed by atoms with Gasteiger partial charge in [0.25, 0.3) is 0 Å². The summed E-state index contributed by atoms with van der Waals surface area (Å²) in [5.74, 6) is 4.97. The van der Waals surface area contributed by atoms with Gasteiger partial charge in [-0.05, 0) is 58.6 Å². The first kappa shape index (κ1) is 39.7. The van der Waals surface area contributed by atoms with Crippen molar-refractivity contribution >= 4 is 12.1 Å². The van der Waals surface area contributed by atoms with E-state index in [0.717, 1.165) is 0 Å². The molecule has 3 rings (SSSR count). The first-order valence-corrected chi connectivity index (χ1v) is 17.3. The molecule has 2 fully saturated rings. The Morgan fingerprint density at radius 3 is 2.60 bits per heavy atom. The summed E-state index contributed by atoms with van der Waals surface area (Å²) in [7, 11) is 0. The zero-order valence-corrected chi connectivity index (χ0v) is 29.8. The number of aliphatic hydroxyl groups is 4. The van der Waals surface area contributed by atoms with Crippen molar-refractivity contribution in [3.05, 3.63) is 36.0 Å². The van der Waals surface area contributed by atoms with E-state index in [2.05, 4.69) is 16.7 Å². The average molecular weight is 675 g/mol. The van der Waals surface area contributed by atoms with Crippen LogP contribution in [0.2, 0.25) is 0 Å². The number of hydrogen-bond acceptors (Lipinski definition) is 10. The van der Waals surface area contributed by atoms with E-state index < -0.39 is 47.7 Å². The molecule has 0 saturated carbocycles. The van der Waals surface area contributed by atoms with Gasteiger partial charge in [0.15, 0.2) is 6.10 Å². The van der Waals surface area contributed by atoms with Gasteiger partial charge in [0.2, 0.25) is 0 Å². The van der Waals surface area contributed by atoms with Crippen LogP contribution in [0.1, 0.15) is 80.6 Å². The second kappa shape index (κ2) is 17.8. The normalized spacial score (nSPS) is 34.0. The van der Waals surface area contributed by atoms with Gasteiger partial charge in [0.1, 0.15) is 11.7 Å². The molecular formula is C37H58N2O9. The minimum absolute atomic E-state index is 0.0145. The molecule has 0 aliphatic carbocycles. The summed E-state index contributed by atoms with van der Waals surface area (Å²) < 4.78 is 17.5. The van der Waals surface area contributed by atoms with E-state index in [1.807, 2.05) is 27.7 Å². The molecule has 1 amide bonds. The fourth-order valence-corrected chi connectivity index (χ4v) is 6.26. The van der Waals surface area contributed by atoms with Gasteiger partial charge in [-0.2, -0.15) is 0 Å². The number of hydrogen-bond donors (Lipinski definition) is 4. The largest absolute Gasteiger partial charge is 0.457 e. The highest BCUT2D eigenvalue weighted by atomic mass is 16.6. The fraction of sp³-hybridized carbons (Fsp3) is 0.730. The van der Waals surface area contributed by atoms with Crippen LogP contribution in [0.25, 0.3) is 0 Å². The van der Waals surface area contributed by atoms with Crippen LogP contribution in [-0.4, -0.2) is 123 Å². The quantitative estimate of drug-likeness (QED) is 0.0893. The molecule has 270 valence electrons. The van der Waals surface area contributed by atoms with Crippen LogP contribution in [0.5, 0.6) is 0 Å². The molecular weight excluding hydrogens is 616 g/mol. The van der Waals surface area contributed by atoms with Crippen molar-refractivity contribution in [2.45, 2.75) is 128 Å². The third-order valence-corrected chi connectivity index (χ3v) is 9.70. The molecule has 0 radical (unpaired) electrons. The Kier molecular flexibility index (Phi) is 14.7. The summed E-state index contributed by atoms with van der Waals surface area (Å²) in [6.45, 7) is 15.6. The van der Waals surface area contributed by atoms with E-state index in [1.165, 1.54) is 0 Å². The summed E-state index contributed by atoms with van der Waals surface area (Å²) in [5, 5.41) is 43.2. The third-order valence-electron chi connectivity index (χ3n) is 9.70. The molecule has 0 aromatic rings. The Hall–Kier alpha value is -2.72. The highest BCUT2D eigenvalue weighted by molar-refractivity contribution is 5.70. The molecule has 0 aromatic carbocycles. The van der Waals surface area contributed by atoms with Gasteiger partial charge < -0.3 is 39.5 Å². The summed E-state index contributed by atoms with van der Waals surface area (Å²) in [4.78, 5) is 29.8. The number of aliphatic hydroxyl groups excluding tert-OH is 2. The number of esters is 1. The number of carbonyl (C=O) groups is 2. The zero-order chi connectivity index (χ0) is 35.6. The Bertz CT molecular complexity index is 1220. The first-order valence-electron chi connectivity index (χ1n) is 17.3. The number of rotatable bonds is 10. The van der Waals surface area contributed by atoms with Gasteiger partial charge in [-0.25, -0.2) is 4.79 Å². The Balaban J connectivity index is 1.73. The van der Waals surface area contributed by atoms with Crippen LogP contribution >= 0.6 is 0 Å². The predicted octanol–water partition coefficient (Wildman–Crippen LogP) is 3.35. The Labute approximate surface area is 286 Å². The first-order chi connectivity index (χ1) is 22.6. The Morgan fingerprint density at radius 1 is 1.27 bits per heavy atom. The molecule has 4 N–H and O–H groups in total. The minimum atomic E-state index is -1.50. The summed E-state index contributed by atoms with van der Waals surface area (Å²) in [6, 6.07) is 0. The van der Waals surface area contributed by atoms with Crippen molar-refractivity contribution in [3.63, 3.8) is 0 Å². The lowest BCUT2D eigenvalue weighted by atomic mass is 9.88. The lowest BCUT2D eigenvalue weighted by Crippen LogP contribution is -2.51. The van der Waals surface area contributed by atoms with Crippen LogP contribution in [0, 0.1) is 23.7 Å². The molecule has 2 saturated heterocycles. The molecule has 0 spiro atoms. The number of nitrogens with zero attached hydrogens (tertiary/aromatic N) is 2. The third kappa shape index (κ3) is 12.0. The fourth-order valence-electron chi connectivity index (χ4n) is 6.26. The van der Waals surface area contributed by atoms with E-state index in [-0.39, 0.29) is 43.3 Å². The van der Waals surface area contributed by atoms with Gasteiger partial charge in [-0.3, -0.25) is 9.69 Å². The van der Waals surface area contributed by atoms with Crippen molar-refractivity contribution in [3.8, 4) is 11.8 Å². The predicted molar refractivity (Wildman–Crippen MR) is 183 cm³/mol. The monoisotopic (exact) mass is 674 g/mol. The lowest BCUT2D eigenvalue weighted by Gasteiger charge is -2.36. The molecule has 11 nitrogen and oxygen atoms in total. The summed E-state index contributed by atoms with van der Waals surface area (Å²) >= 11 is 0. The molecule has 3 heterocycles. The van der Waals surface area contributed by atoms with Crippen molar-refractivity contribution in [2.75, 3.05) is 32.7 Å². The van der Waals surface area contributed by atoms with Crippen molar-refractivity contribution in [2.24, 2.45) is 11.8 Å². The van der Waals surface area contributed by atoms with E-state index in [0.29, 0.717) is 51.1 Å². The molecule has 48 heavy (non-hydrogen) atoms. The van der Waals surface area contributed by atoms with E-state index in [1.54, 1.807) is 56.1 Å². The van der Waals surface area contributed by atoms with Crippen molar-refractivity contribution < 1.29 is 44.2 Å². The second-order valence-corrected chi connectivity index (χ2v) is 14.2.